The van der Waals surface area contributed by atoms with Crippen LogP contribution in [0.15, 0.2) is 36.8 Å². The second kappa shape index (κ2) is 4.77. The highest BCUT2D eigenvalue weighted by molar-refractivity contribution is 5.91. The van der Waals surface area contributed by atoms with Gasteiger partial charge in [-0.05, 0) is 30.9 Å². The average molecular weight is 280 g/mol. The fourth-order valence-corrected chi connectivity index (χ4v) is 2.31. The Morgan fingerprint density at radius 3 is 2.81 bits per heavy atom. The summed E-state index contributed by atoms with van der Waals surface area (Å²) in [4.78, 5) is 11.8. The highest BCUT2D eigenvalue weighted by Crippen LogP contribution is 2.30. The van der Waals surface area contributed by atoms with Crippen molar-refractivity contribution in [3.8, 4) is 17.0 Å². The topological polar surface area (TPSA) is 76.8 Å². The molecule has 5 heteroatoms. The number of nitrogens with one attached hydrogen (secondary N) is 1. The number of ether oxygens (including phenoxy) is 1. The Morgan fingerprint density at radius 1 is 1.19 bits per heavy atom. The number of pyridine rings is 2. The molecule has 3 N–H and O–H groups in total. The fraction of sp³-hybridized carbons (Fsp3) is 0.250. The number of H-pyrrole nitrogens is 1. The van der Waals surface area contributed by atoms with E-state index in [0.29, 0.717) is 11.6 Å². The van der Waals surface area contributed by atoms with E-state index in [1.165, 1.54) is 12.8 Å². The SMILES string of the molecule is Nc1c[nH]c2ncc(-c3ccc(OCC4CC4)nc3)cc12. The lowest BCUT2D eigenvalue weighted by Gasteiger charge is -2.05. The Bertz CT molecular complexity index is 775. The molecule has 0 unspecified atom stereocenters. The highest BCUT2D eigenvalue weighted by atomic mass is 16.5. The van der Waals surface area contributed by atoms with Crippen LogP contribution in [0.3, 0.4) is 0 Å². The van der Waals surface area contributed by atoms with Gasteiger partial charge in [-0.2, -0.15) is 0 Å². The molecule has 0 amide bonds. The van der Waals surface area contributed by atoms with Gasteiger partial charge in [0.2, 0.25) is 5.88 Å². The van der Waals surface area contributed by atoms with Gasteiger partial charge in [0.15, 0.2) is 0 Å². The summed E-state index contributed by atoms with van der Waals surface area (Å²) in [6, 6.07) is 5.93. The molecule has 0 atom stereocenters. The lowest BCUT2D eigenvalue weighted by atomic mass is 10.1. The van der Waals surface area contributed by atoms with Crippen molar-refractivity contribution in [2.75, 3.05) is 12.3 Å². The number of nitrogen functional groups attached to an aromatic ring is 1. The number of hydrogen-bond donors (Lipinski definition) is 2. The Morgan fingerprint density at radius 2 is 2.05 bits per heavy atom. The van der Waals surface area contributed by atoms with Crippen molar-refractivity contribution >= 4 is 16.7 Å². The van der Waals surface area contributed by atoms with Crippen molar-refractivity contribution in [2.45, 2.75) is 12.8 Å². The van der Waals surface area contributed by atoms with Crippen molar-refractivity contribution in [3.05, 3.63) is 36.8 Å². The van der Waals surface area contributed by atoms with Crippen LogP contribution in [0.25, 0.3) is 22.2 Å². The third-order valence-electron chi connectivity index (χ3n) is 3.80. The summed E-state index contributed by atoms with van der Waals surface area (Å²) in [6.07, 6.45) is 7.95. The summed E-state index contributed by atoms with van der Waals surface area (Å²) < 4.78 is 5.65. The van der Waals surface area contributed by atoms with E-state index >= 15 is 0 Å². The number of hydrogen-bond acceptors (Lipinski definition) is 4. The normalized spacial score (nSPS) is 14.5. The maximum atomic E-state index is 5.91. The molecular weight excluding hydrogens is 264 g/mol. The third kappa shape index (κ3) is 2.42. The summed E-state index contributed by atoms with van der Waals surface area (Å²) in [7, 11) is 0. The molecule has 0 bridgehead atoms. The molecule has 0 spiro atoms. The van der Waals surface area contributed by atoms with Gasteiger partial charge in [0.25, 0.3) is 0 Å². The van der Waals surface area contributed by atoms with Gasteiger partial charge in [-0.1, -0.05) is 0 Å². The van der Waals surface area contributed by atoms with Gasteiger partial charge in [-0.3, -0.25) is 0 Å². The quantitative estimate of drug-likeness (QED) is 0.770. The van der Waals surface area contributed by atoms with Crippen molar-refractivity contribution in [3.63, 3.8) is 0 Å². The number of rotatable bonds is 4. The molecule has 1 saturated carbocycles. The zero-order valence-electron chi connectivity index (χ0n) is 11.5. The molecule has 5 nitrogen and oxygen atoms in total. The van der Waals surface area contributed by atoms with Crippen LogP contribution in [-0.2, 0) is 0 Å². The van der Waals surface area contributed by atoms with Gasteiger partial charge in [0.1, 0.15) is 5.65 Å². The molecule has 0 aliphatic heterocycles. The van der Waals surface area contributed by atoms with Gasteiger partial charge in [-0.25, -0.2) is 9.97 Å². The van der Waals surface area contributed by atoms with E-state index in [-0.39, 0.29) is 0 Å². The van der Waals surface area contributed by atoms with Crippen molar-refractivity contribution in [1.82, 2.24) is 15.0 Å². The Labute approximate surface area is 122 Å². The van der Waals surface area contributed by atoms with Crippen LogP contribution in [0.2, 0.25) is 0 Å². The molecule has 3 aromatic heterocycles. The van der Waals surface area contributed by atoms with Crippen LogP contribution in [0.4, 0.5) is 5.69 Å². The number of fused-ring (bicyclic) bond motifs is 1. The monoisotopic (exact) mass is 280 g/mol. The fourth-order valence-electron chi connectivity index (χ4n) is 2.31. The maximum absolute atomic E-state index is 5.91. The van der Waals surface area contributed by atoms with Gasteiger partial charge in [0.05, 0.1) is 12.3 Å². The Balaban J connectivity index is 1.59. The lowest BCUT2D eigenvalue weighted by molar-refractivity contribution is 0.288. The zero-order chi connectivity index (χ0) is 14.2. The first-order valence-electron chi connectivity index (χ1n) is 7.11. The summed E-state index contributed by atoms with van der Waals surface area (Å²) >= 11 is 0. The van der Waals surface area contributed by atoms with E-state index in [2.05, 4.69) is 15.0 Å². The molecule has 106 valence electrons. The van der Waals surface area contributed by atoms with Crippen LogP contribution >= 0.6 is 0 Å². The number of nitrogens with zero attached hydrogens (tertiary/aromatic N) is 2. The van der Waals surface area contributed by atoms with E-state index in [9.17, 15) is 0 Å². The van der Waals surface area contributed by atoms with E-state index in [4.69, 9.17) is 10.5 Å². The van der Waals surface area contributed by atoms with Crippen LogP contribution < -0.4 is 10.5 Å². The minimum absolute atomic E-state index is 0.681. The molecule has 0 radical (unpaired) electrons. The first-order valence-corrected chi connectivity index (χ1v) is 7.11. The first kappa shape index (κ1) is 12.2. The number of anilines is 1. The molecule has 1 fully saturated rings. The maximum Gasteiger partial charge on any atom is 0.213 e. The van der Waals surface area contributed by atoms with Gasteiger partial charge < -0.3 is 15.5 Å². The third-order valence-corrected chi connectivity index (χ3v) is 3.80. The van der Waals surface area contributed by atoms with E-state index in [1.54, 1.807) is 6.20 Å². The summed E-state index contributed by atoms with van der Waals surface area (Å²) in [5.41, 5.74) is 9.42. The van der Waals surface area contributed by atoms with Gasteiger partial charge >= 0.3 is 0 Å². The number of aromatic nitrogens is 3. The van der Waals surface area contributed by atoms with E-state index in [1.807, 2.05) is 30.6 Å². The number of aromatic amines is 1. The zero-order valence-corrected chi connectivity index (χ0v) is 11.5. The molecule has 0 aromatic carbocycles. The second-order valence-electron chi connectivity index (χ2n) is 5.50. The van der Waals surface area contributed by atoms with Gasteiger partial charge in [0, 0.05) is 41.2 Å². The summed E-state index contributed by atoms with van der Waals surface area (Å²) in [5.74, 6) is 1.41. The predicted octanol–water partition coefficient (Wildman–Crippen LogP) is 3.00. The molecule has 4 rings (SSSR count). The highest BCUT2D eigenvalue weighted by Gasteiger charge is 2.22. The summed E-state index contributed by atoms with van der Waals surface area (Å²) in [5, 5.41) is 0.932. The standard InChI is InChI=1S/C16H16N4O/c17-14-8-20-16-13(14)5-12(7-19-16)11-3-4-15(18-6-11)21-9-10-1-2-10/h3-8,10H,1-2,9,17H2,(H,19,20). The smallest absolute Gasteiger partial charge is 0.213 e. The van der Waals surface area contributed by atoms with E-state index in [0.717, 1.165) is 34.7 Å². The van der Waals surface area contributed by atoms with E-state index < -0.39 is 0 Å². The molecule has 1 aliphatic rings. The van der Waals surface area contributed by atoms with Crippen LogP contribution in [-0.4, -0.2) is 21.6 Å². The molecule has 0 saturated heterocycles. The minimum Gasteiger partial charge on any atom is -0.477 e. The van der Waals surface area contributed by atoms with Crippen molar-refractivity contribution < 1.29 is 4.74 Å². The second-order valence-corrected chi connectivity index (χ2v) is 5.50. The Kier molecular flexibility index (Phi) is 2.77. The van der Waals surface area contributed by atoms with Gasteiger partial charge in [-0.15, -0.1) is 0 Å². The summed E-state index contributed by atoms with van der Waals surface area (Å²) in [6.45, 7) is 0.778. The number of nitrogens with two attached hydrogens (primary N) is 1. The van der Waals surface area contributed by atoms with Crippen LogP contribution in [0.5, 0.6) is 5.88 Å². The lowest BCUT2D eigenvalue weighted by Crippen LogP contribution is -2.00. The van der Waals surface area contributed by atoms with Crippen molar-refractivity contribution in [1.29, 1.82) is 0 Å². The molecule has 3 heterocycles. The van der Waals surface area contributed by atoms with Crippen LogP contribution in [0, 0.1) is 5.92 Å². The van der Waals surface area contributed by atoms with Crippen molar-refractivity contribution in [2.24, 2.45) is 5.92 Å². The average Bonchev–Trinajstić information content (AvgIpc) is 3.29. The minimum atomic E-state index is 0.681. The predicted molar refractivity (Wildman–Crippen MR) is 82.0 cm³/mol. The largest absolute Gasteiger partial charge is 0.477 e. The molecular formula is C16H16N4O. The first-order chi connectivity index (χ1) is 10.3. The molecule has 1 aliphatic carbocycles. The molecule has 3 aromatic rings. The van der Waals surface area contributed by atoms with Crippen LogP contribution in [0.1, 0.15) is 12.8 Å². The molecule has 21 heavy (non-hydrogen) atoms. The Hall–Kier alpha value is -2.56.